The molecule has 0 fully saturated rings. The fourth-order valence-electron chi connectivity index (χ4n) is 5.38. The summed E-state index contributed by atoms with van der Waals surface area (Å²) < 4.78 is 26.8. The average molecular weight is 842 g/mol. The normalized spacial score (nSPS) is 14.3. The Kier molecular flexibility index (Phi) is 41.7. The van der Waals surface area contributed by atoms with E-state index >= 15 is 0 Å². The Morgan fingerprint density at radius 1 is 0.559 bits per heavy atom. The molecule has 0 aliphatic rings. The van der Waals surface area contributed by atoms with E-state index in [9.17, 15) is 24.2 Å². The van der Waals surface area contributed by atoms with E-state index in [0.717, 1.165) is 70.6 Å². The first kappa shape index (κ1) is 55.7. The van der Waals surface area contributed by atoms with Crippen LogP contribution in [-0.4, -0.2) is 54.3 Å². The summed E-state index contributed by atoms with van der Waals surface area (Å²) >= 11 is 0. The molecule has 0 spiro atoms. The number of aliphatic hydroxyl groups excluding tert-OH is 1. The summed E-state index contributed by atoms with van der Waals surface area (Å²) in [6, 6.07) is 0. The van der Waals surface area contributed by atoms with Gasteiger partial charge in [-0.3, -0.25) is 18.6 Å². The number of hydrogen-bond acceptors (Lipinski definition) is 7. The second-order valence-corrected chi connectivity index (χ2v) is 15.8. The van der Waals surface area contributed by atoms with Crippen molar-refractivity contribution in [3.63, 3.8) is 0 Å². The van der Waals surface area contributed by atoms with Gasteiger partial charge in [-0.05, 0) is 83.5 Å². The molecule has 59 heavy (non-hydrogen) atoms. The lowest BCUT2D eigenvalue weighted by molar-refractivity contribution is -0.146. The lowest BCUT2D eigenvalue weighted by atomic mass is 10.1. The van der Waals surface area contributed by atoms with Gasteiger partial charge in [0.25, 0.3) is 0 Å². The first-order valence-corrected chi connectivity index (χ1v) is 23.9. The van der Waals surface area contributed by atoms with Gasteiger partial charge in [-0.15, -0.1) is 0 Å². The van der Waals surface area contributed by atoms with E-state index < -0.39 is 26.5 Å². The van der Waals surface area contributed by atoms with Gasteiger partial charge in [0.05, 0.1) is 19.6 Å². The summed E-state index contributed by atoms with van der Waals surface area (Å²) in [5.74, 6) is -0.668. The number of phosphoric acid groups is 1. The maximum Gasteiger partial charge on any atom is 0.472 e. The molecule has 10 heteroatoms. The molecule has 9 nitrogen and oxygen atoms in total. The summed E-state index contributed by atoms with van der Waals surface area (Å²) in [5, 5.41) is 12.7. The topological polar surface area (TPSA) is 131 Å². The number of carbonyl (C=O) groups is 2. The molecule has 3 N–H and O–H groups in total. The standard InChI is InChI=1S/C49H80NO8P/c1-3-5-7-9-11-13-15-17-19-21-22-23-24-26-28-30-32-34-36-38-40-42-49(53)56-45-47(51)46-58-59(54,55)57-44-43-50-48(52)41-39-37-35-33-31-29-27-25-20-18-16-14-12-10-8-6-4-2/h5,7,11-14,17-20,22-23,26,28,32,34,38,40,47,51H,3-4,6,8-10,15-16,21,24-25,27,29-31,33,35-37,39,41-46H2,1-2H3,(H,50,52)(H,54,55)/b7-5-,13-11-,14-12-,19-17-,20-18-,23-22-,28-26-,34-32-,40-38-. The number of ether oxygens (including phenoxy) is 1. The smallest absolute Gasteiger partial charge is 0.463 e. The van der Waals surface area contributed by atoms with Crippen molar-refractivity contribution in [3.05, 3.63) is 109 Å². The summed E-state index contributed by atoms with van der Waals surface area (Å²) in [6.45, 7) is 3.27. The zero-order chi connectivity index (χ0) is 43.2. The lowest BCUT2D eigenvalue weighted by Gasteiger charge is -2.15. The number of phosphoric ester groups is 1. The highest BCUT2D eigenvalue weighted by atomic mass is 31.2. The number of rotatable bonds is 40. The molecule has 0 aliphatic carbocycles. The molecule has 0 radical (unpaired) electrons. The van der Waals surface area contributed by atoms with Gasteiger partial charge in [0.15, 0.2) is 0 Å². The Labute approximate surface area is 358 Å². The maximum absolute atomic E-state index is 12.1. The third kappa shape index (κ3) is 45.6. The van der Waals surface area contributed by atoms with Crippen LogP contribution in [0.15, 0.2) is 109 Å². The third-order valence-corrected chi connectivity index (χ3v) is 9.70. The second-order valence-electron chi connectivity index (χ2n) is 14.3. The molecule has 0 rings (SSSR count). The molecule has 0 saturated heterocycles. The quantitative estimate of drug-likeness (QED) is 0.0240. The number of nitrogens with one attached hydrogen (secondary N) is 1. The van der Waals surface area contributed by atoms with Crippen molar-refractivity contribution in [1.29, 1.82) is 0 Å². The highest BCUT2D eigenvalue weighted by molar-refractivity contribution is 7.47. The highest BCUT2D eigenvalue weighted by Gasteiger charge is 2.23. The zero-order valence-electron chi connectivity index (χ0n) is 36.6. The fourth-order valence-corrected chi connectivity index (χ4v) is 6.13. The first-order valence-electron chi connectivity index (χ1n) is 22.4. The van der Waals surface area contributed by atoms with Crippen LogP contribution >= 0.6 is 7.82 Å². The van der Waals surface area contributed by atoms with Crippen molar-refractivity contribution in [1.82, 2.24) is 5.32 Å². The van der Waals surface area contributed by atoms with Gasteiger partial charge in [0.1, 0.15) is 12.7 Å². The number of unbranched alkanes of at least 4 members (excludes halogenated alkanes) is 10. The van der Waals surface area contributed by atoms with Gasteiger partial charge in [0, 0.05) is 13.0 Å². The minimum absolute atomic E-state index is 0.0414. The SMILES string of the molecule is CC/C=C\C/C=C\C/C=C\C/C=C\C/C=C\C/C=C\C/C=C\CC(=O)OCC(O)COP(=O)(O)OCCNC(=O)CCCCCCCCC/C=C\C/C=C\CCCCC. The molecule has 1 amide bonds. The molecule has 0 aromatic rings. The Balaban J connectivity index is 3.76. The van der Waals surface area contributed by atoms with Crippen LogP contribution in [0.25, 0.3) is 0 Å². The summed E-state index contributed by atoms with van der Waals surface area (Å²) in [4.78, 5) is 33.9. The van der Waals surface area contributed by atoms with E-state index in [4.69, 9.17) is 13.8 Å². The molecule has 0 bridgehead atoms. The van der Waals surface area contributed by atoms with Crippen LogP contribution in [-0.2, 0) is 27.9 Å². The Bertz CT molecular complexity index is 1330. The van der Waals surface area contributed by atoms with Crippen LogP contribution in [0.5, 0.6) is 0 Å². The van der Waals surface area contributed by atoms with Crippen LogP contribution in [0.2, 0.25) is 0 Å². The van der Waals surface area contributed by atoms with Crippen molar-refractivity contribution in [2.45, 2.75) is 161 Å². The fraction of sp³-hybridized carbons (Fsp3) is 0.592. The van der Waals surface area contributed by atoms with Crippen molar-refractivity contribution in [2.75, 3.05) is 26.4 Å². The Morgan fingerprint density at radius 2 is 1.00 bits per heavy atom. The molecular formula is C49H80NO8P. The number of aliphatic hydroxyl groups is 1. The van der Waals surface area contributed by atoms with Crippen molar-refractivity contribution >= 4 is 19.7 Å². The second kappa shape index (κ2) is 44.2. The molecule has 0 aromatic heterocycles. The predicted molar refractivity (Wildman–Crippen MR) is 247 cm³/mol. The average Bonchev–Trinajstić information content (AvgIpc) is 3.22. The Morgan fingerprint density at radius 3 is 1.51 bits per heavy atom. The number of carbonyl (C=O) groups excluding carboxylic acids is 2. The van der Waals surface area contributed by atoms with Gasteiger partial charge in [-0.2, -0.15) is 0 Å². The molecule has 0 aromatic carbocycles. The number of allylic oxidation sites excluding steroid dienone is 17. The number of esters is 1. The van der Waals surface area contributed by atoms with Gasteiger partial charge in [-0.1, -0.05) is 168 Å². The monoisotopic (exact) mass is 842 g/mol. The first-order chi connectivity index (χ1) is 28.8. The molecule has 0 saturated carbocycles. The zero-order valence-corrected chi connectivity index (χ0v) is 37.5. The van der Waals surface area contributed by atoms with E-state index in [1.807, 2.05) is 12.2 Å². The number of hydrogen-bond donors (Lipinski definition) is 3. The van der Waals surface area contributed by atoms with Crippen molar-refractivity contribution < 1.29 is 37.9 Å². The van der Waals surface area contributed by atoms with E-state index in [0.29, 0.717) is 12.8 Å². The molecule has 334 valence electrons. The highest BCUT2D eigenvalue weighted by Crippen LogP contribution is 2.42. The van der Waals surface area contributed by atoms with E-state index in [1.165, 1.54) is 51.4 Å². The van der Waals surface area contributed by atoms with Gasteiger partial charge < -0.3 is 20.1 Å². The van der Waals surface area contributed by atoms with E-state index in [-0.39, 0.29) is 32.1 Å². The van der Waals surface area contributed by atoms with Crippen molar-refractivity contribution in [3.8, 4) is 0 Å². The summed E-state index contributed by atoms with van der Waals surface area (Å²) in [6.07, 6.45) is 59.0. The molecule has 2 atom stereocenters. The Hall–Kier alpha value is -3.33. The molecular weight excluding hydrogens is 762 g/mol. The van der Waals surface area contributed by atoms with Crippen molar-refractivity contribution in [2.24, 2.45) is 0 Å². The molecule has 0 heterocycles. The van der Waals surface area contributed by atoms with E-state index in [2.05, 4.69) is 110 Å². The summed E-state index contributed by atoms with van der Waals surface area (Å²) in [7, 11) is -4.45. The van der Waals surface area contributed by atoms with E-state index in [1.54, 1.807) is 6.08 Å². The minimum atomic E-state index is -4.45. The predicted octanol–water partition coefficient (Wildman–Crippen LogP) is 12.8. The van der Waals surface area contributed by atoms with Gasteiger partial charge in [-0.25, -0.2) is 4.57 Å². The number of amides is 1. The van der Waals surface area contributed by atoms with Gasteiger partial charge in [0.2, 0.25) is 5.91 Å². The van der Waals surface area contributed by atoms with Crippen LogP contribution in [0.4, 0.5) is 0 Å². The maximum atomic E-state index is 12.1. The third-order valence-electron chi connectivity index (χ3n) is 8.72. The molecule has 0 aliphatic heterocycles. The van der Waals surface area contributed by atoms with Crippen LogP contribution < -0.4 is 5.32 Å². The minimum Gasteiger partial charge on any atom is -0.463 e. The van der Waals surface area contributed by atoms with Gasteiger partial charge >= 0.3 is 13.8 Å². The molecule has 2 unspecified atom stereocenters. The largest absolute Gasteiger partial charge is 0.472 e. The lowest BCUT2D eigenvalue weighted by Crippen LogP contribution is -2.27. The van der Waals surface area contributed by atoms with Crippen LogP contribution in [0, 0.1) is 0 Å². The summed E-state index contributed by atoms with van der Waals surface area (Å²) in [5.41, 5.74) is 0. The van der Waals surface area contributed by atoms with Crippen LogP contribution in [0.3, 0.4) is 0 Å². The van der Waals surface area contributed by atoms with Crippen LogP contribution in [0.1, 0.15) is 155 Å².